The van der Waals surface area contributed by atoms with E-state index in [1.807, 2.05) is 0 Å². The highest BCUT2D eigenvalue weighted by molar-refractivity contribution is 6.30. The number of carbonyl (C=O) groups excluding carboxylic acids is 1. The smallest absolute Gasteiger partial charge is 0.387 e. The minimum absolute atomic E-state index is 0.00273. The number of nitrogens with zero attached hydrogens (tertiary/aromatic N) is 2. The Balaban J connectivity index is 1.69. The second kappa shape index (κ2) is 9.93. The first-order valence-electron chi connectivity index (χ1n) is 8.89. The zero-order valence-corrected chi connectivity index (χ0v) is 16.6. The van der Waals surface area contributed by atoms with Crippen LogP contribution in [0.15, 0.2) is 54.7 Å². The lowest BCUT2D eigenvalue weighted by Crippen LogP contribution is -2.19. The molecule has 3 rings (SSSR count). The summed E-state index contributed by atoms with van der Waals surface area (Å²) >= 11 is 5.84. The zero-order valence-electron chi connectivity index (χ0n) is 15.8. The van der Waals surface area contributed by atoms with Crippen molar-refractivity contribution < 1.29 is 27.8 Å². The molecular weight excluding hydrogens is 420 g/mol. The van der Waals surface area contributed by atoms with E-state index in [1.54, 1.807) is 31.2 Å². The van der Waals surface area contributed by atoms with Crippen molar-refractivity contribution in [3.8, 4) is 17.2 Å². The number of carbonyl (C=O) groups is 1. The SMILES string of the molecule is CCOc1cc(NC(=O)c2ccnn2COc2ccc(Cl)cc2)ccc1OC(F)F. The molecule has 0 aliphatic heterocycles. The normalized spacial score (nSPS) is 10.7. The van der Waals surface area contributed by atoms with Crippen molar-refractivity contribution >= 4 is 23.2 Å². The summed E-state index contributed by atoms with van der Waals surface area (Å²) in [5.74, 6) is 0.0795. The van der Waals surface area contributed by atoms with Gasteiger partial charge in [0.15, 0.2) is 18.2 Å². The van der Waals surface area contributed by atoms with Gasteiger partial charge in [-0.3, -0.25) is 4.79 Å². The lowest BCUT2D eigenvalue weighted by molar-refractivity contribution is -0.0514. The highest BCUT2D eigenvalue weighted by Crippen LogP contribution is 2.32. The Morgan fingerprint density at radius 3 is 2.60 bits per heavy atom. The van der Waals surface area contributed by atoms with Crippen molar-refractivity contribution in [1.29, 1.82) is 0 Å². The molecule has 0 bridgehead atoms. The topological polar surface area (TPSA) is 74.6 Å². The van der Waals surface area contributed by atoms with Crippen LogP contribution in [0.5, 0.6) is 17.2 Å². The van der Waals surface area contributed by atoms with Crippen molar-refractivity contribution in [2.75, 3.05) is 11.9 Å². The third kappa shape index (κ3) is 5.60. The molecule has 1 amide bonds. The molecule has 0 unspecified atom stereocenters. The summed E-state index contributed by atoms with van der Waals surface area (Å²) in [6, 6.07) is 12.4. The van der Waals surface area contributed by atoms with Crippen molar-refractivity contribution in [2.24, 2.45) is 0 Å². The van der Waals surface area contributed by atoms with E-state index in [2.05, 4.69) is 15.2 Å². The summed E-state index contributed by atoms with van der Waals surface area (Å²) in [6.07, 6.45) is 1.46. The van der Waals surface area contributed by atoms with Gasteiger partial charge >= 0.3 is 6.61 Å². The zero-order chi connectivity index (χ0) is 21.5. The number of amides is 1. The van der Waals surface area contributed by atoms with E-state index in [1.165, 1.54) is 35.1 Å². The lowest BCUT2D eigenvalue weighted by Gasteiger charge is -2.14. The maximum absolute atomic E-state index is 12.6. The van der Waals surface area contributed by atoms with E-state index in [0.29, 0.717) is 16.5 Å². The fourth-order valence-corrected chi connectivity index (χ4v) is 2.66. The van der Waals surface area contributed by atoms with Crippen molar-refractivity contribution in [3.05, 3.63) is 65.4 Å². The van der Waals surface area contributed by atoms with Crippen LogP contribution in [0, 0.1) is 0 Å². The van der Waals surface area contributed by atoms with Gasteiger partial charge in [-0.1, -0.05) is 11.6 Å². The van der Waals surface area contributed by atoms with Crippen molar-refractivity contribution in [3.63, 3.8) is 0 Å². The van der Waals surface area contributed by atoms with Gasteiger partial charge in [0.2, 0.25) is 0 Å². The molecule has 0 aliphatic rings. The van der Waals surface area contributed by atoms with E-state index >= 15 is 0 Å². The van der Waals surface area contributed by atoms with Gasteiger partial charge in [-0.15, -0.1) is 0 Å². The van der Waals surface area contributed by atoms with Crippen LogP contribution in [0.1, 0.15) is 17.4 Å². The fourth-order valence-electron chi connectivity index (χ4n) is 2.54. The van der Waals surface area contributed by atoms with Crippen LogP contribution in [0.2, 0.25) is 5.02 Å². The predicted octanol–water partition coefficient (Wildman–Crippen LogP) is 4.83. The largest absolute Gasteiger partial charge is 0.490 e. The Labute approximate surface area is 176 Å². The van der Waals surface area contributed by atoms with E-state index in [9.17, 15) is 13.6 Å². The van der Waals surface area contributed by atoms with E-state index in [-0.39, 0.29) is 30.5 Å². The molecule has 0 saturated heterocycles. The molecule has 0 fully saturated rings. The minimum Gasteiger partial charge on any atom is -0.490 e. The molecule has 10 heteroatoms. The van der Waals surface area contributed by atoms with Gasteiger partial charge in [0.05, 0.1) is 6.61 Å². The minimum atomic E-state index is -2.99. The third-order valence-electron chi connectivity index (χ3n) is 3.83. The Hall–Kier alpha value is -3.33. The summed E-state index contributed by atoms with van der Waals surface area (Å²) in [7, 11) is 0. The van der Waals surface area contributed by atoms with Crippen LogP contribution < -0.4 is 19.5 Å². The van der Waals surface area contributed by atoms with E-state index in [4.69, 9.17) is 21.1 Å². The Bertz CT molecular complexity index is 996. The van der Waals surface area contributed by atoms with Gasteiger partial charge in [-0.25, -0.2) is 4.68 Å². The first kappa shape index (κ1) is 21.4. The van der Waals surface area contributed by atoms with Gasteiger partial charge in [-0.05, 0) is 49.4 Å². The van der Waals surface area contributed by atoms with Crippen LogP contribution in [-0.4, -0.2) is 28.9 Å². The number of rotatable bonds is 9. The quantitative estimate of drug-likeness (QED) is 0.519. The summed E-state index contributed by atoms with van der Waals surface area (Å²) in [5, 5.41) is 7.34. The molecule has 2 aromatic carbocycles. The molecule has 1 heterocycles. The van der Waals surface area contributed by atoms with Crippen LogP contribution in [0.4, 0.5) is 14.5 Å². The van der Waals surface area contributed by atoms with Crippen LogP contribution in [-0.2, 0) is 6.73 Å². The summed E-state index contributed by atoms with van der Waals surface area (Å²) in [4.78, 5) is 12.6. The number of alkyl halides is 2. The molecular formula is C20H18ClF2N3O4. The van der Waals surface area contributed by atoms with Crippen LogP contribution in [0.3, 0.4) is 0 Å². The van der Waals surface area contributed by atoms with E-state index < -0.39 is 12.5 Å². The monoisotopic (exact) mass is 437 g/mol. The highest BCUT2D eigenvalue weighted by Gasteiger charge is 2.16. The third-order valence-corrected chi connectivity index (χ3v) is 4.09. The van der Waals surface area contributed by atoms with E-state index in [0.717, 1.165) is 0 Å². The highest BCUT2D eigenvalue weighted by atomic mass is 35.5. The molecule has 7 nitrogen and oxygen atoms in total. The van der Waals surface area contributed by atoms with Gasteiger partial charge < -0.3 is 19.5 Å². The average molecular weight is 438 g/mol. The Morgan fingerprint density at radius 2 is 1.90 bits per heavy atom. The first-order chi connectivity index (χ1) is 14.5. The maximum atomic E-state index is 12.6. The summed E-state index contributed by atoms with van der Waals surface area (Å²) in [5.41, 5.74) is 0.589. The van der Waals surface area contributed by atoms with Gasteiger partial charge in [-0.2, -0.15) is 13.9 Å². The molecule has 0 atom stereocenters. The molecule has 0 spiro atoms. The predicted molar refractivity (Wildman–Crippen MR) is 107 cm³/mol. The molecule has 1 N–H and O–H groups in total. The second-order valence-corrected chi connectivity index (χ2v) is 6.31. The number of hydrogen-bond acceptors (Lipinski definition) is 5. The number of ether oxygens (including phenoxy) is 3. The number of anilines is 1. The number of aromatic nitrogens is 2. The standard InChI is InChI=1S/C20H18ClF2N3O4/c1-2-28-18-11-14(5-8-17(18)30-20(22)23)25-19(27)16-9-10-24-26(16)12-29-15-6-3-13(21)4-7-15/h3-11,20H,2,12H2,1H3,(H,25,27). The lowest BCUT2D eigenvalue weighted by atomic mass is 10.2. The molecule has 0 radical (unpaired) electrons. The number of benzene rings is 2. The molecule has 0 saturated carbocycles. The Morgan fingerprint density at radius 1 is 1.13 bits per heavy atom. The number of nitrogens with one attached hydrogen (secondary N) is 1. The maximum Gasteiger partial charge on any atom is 0.387 e. The van der Waals surface area contributed by atoms with Crippen molar-refractivity contribution in [2.45, 2.75) is 20.3 Å². The average Bonchev–Trinajstić information content (AvgIpc) is 3.18. The van der Waals surface area contributed by atoms with Gasteiger partial charge in [0.25, 0.3) is 5.91 Å². The second-order valence-electron chi connectivity index (χ2n) is 5.87. The van der Waals surface area contributed by atoms with Crippen molar-refractivity contribution in [1.82, 2.24) is 9.78 Å². The molecule has 158 valence electrons. The molecule has 30 heavy (non-hydrogen) atoms. The molecule has 3 aromatic rings. The number of hydrogen-bond donors (Lipinski definition) is 1. The summed E-state index contributed by atoms with van der Waals surface area (Å²) < 4.78 is 41.8. The Kier molecular flexibility index (Phi) is 7.08. The van der Waals surface area contributed by atoms with Crippen LogP contribution in [0.25, 0.3) is 0 Å². The summed E-state index contributed by atoms with van der Waals surface area (Å²) in [6.45, 7) is -1.04. The van der Waals surface area contributed by atoms with Gasteiger partial charge in [0.1, 0.15) is 11.4 Å². The fraction of sp³-hybridized carbons (Fsp3) is 0.200. The van der Waals surface area contributed by atoms with Crippen LogP contribution >= 0.6 is 11.6 Å². The molecule has 0 aliphatic carbocycles. The first-order valence-corrected chi connectivity index (χ1v) is 9.27. The van der Waals surface area contributed by atoms with Gasteiger partial charge in [0, 0.05) is 23.0 Å². The molecule has 1 aromatic heterocycles. The number of halogens is 3.